The van der Waals surface area contributed by atoms with Gasteiger partial charge in [-0.1, -0.05) is 19.9 Å². The van der Waals surface area contributed by atoms with Gasteiger partial charge in [0.25, 0.3) is 0 Å². The molecule has 5 heteroatoms. The van der Waals surface area contributed by atoms with Crippen molar-refractivity contribution in [2.75, 3.05) is 13.1 Å². The lowest BCUT2D eigenvalue weighted by Gasteiger charge is -2.32. The maximum absolute atomic E-state index is 4.71. The van der Waals surface area contributed by atoms with E-state index in [2.05, 4.69) is 47.0 Å². The first-order chi connectivity index (χ1) is 10.7. The van der Waals surface area contributed by atoms with Gasteiger partial charge in [-0.3, -0.25) is 4.90 Å². The number of nitrogens with zero attached hydrogens (tertiary/aromatic N) is 2. The standard InChI is InChI=1S/C17H25N3S2/c1-13(2)16-12-22-17(19-16)10-18-14-5-7-20(8-6-14)11-15-4-3-9-21-15/h3-4,9,12-14,18H,5-8,10-11H2,1-2H3. The van der Waals surface area contributed by atoms with Gasteiger partial charge < -0.3 is 5.32 Å². The predicted molar refractivity (Wildman–Crippen MR) is 95.7 cm³/mol. The van der Waals surface area contributed by atoms with Gasteiger partial charge in [0.2, 0.25) is 0 Å². The van der Waals surface area contributed by atoms with E-state index in [1.54, 1.807) is 11.3 Å². The predicted octanol–water partition coefficient (Wildman–Crippen LogP) is 4.08. The highest BCUT2D eigenvalue weighted by Gasteiger charge is 2.19. The molecule has 2 aromatic heterocycles. The summed E-state index contributed by atoms with van der Waals surface area (Å²) in [4.78, 5) is 8.76. The summed E-state index contributed by atoms with van der Waals surface area (Å²) in [7, 11) is 0. The van der Waals surface area contributed by atoms with Gasteiger partial charge in [-0.15, -0.1) is 22.7 Å². The van der Waals surface area contributed by atoms with E-state index in [9.17, 15) is 0 Å². The molecule has 0 atom stereocenters. The molecule has 2 aromatic rings. The first kappa shape index (κ1) is 16.1. The van der Waals surface area contributed by atoms with Gasteiger partial charge in [0.15, 0.2) is 0 Å². The van der Waals surface area contributed by atoms with Gasteiger partial charge in [-0.05, 0) is 43.3 Å². The number of thiazole rings is 1. The van der Waals surface area contributed by atoms with Crippen molar-refractivity contribution in [3.8, 4) is 0 Å². The van der Waals surface area contributed by atoms with Crippen LogP contribution in [0, 0.1) is 0 Å². The van der Waals surface area contributed by atoms with E-state index in [-0.39, 0.29) is 0 Å². The summed E-state index contributed by atoms with van der Waals surface area (Å²) >= 11 is 3.65. The van der Waals surface area contributed by atoms with Gasteiger partial charge >= 0.3 is 0 Å². The normalized spacial score (nSPS) is 17.4. The van der Waals surface area contributed by atoms with E-state index in [0.717, 1.165) is 13.1 Å². The largest absolute Gasteiger partial charge is 0.308 e. The Balaban J connectivity index is 1.40. The smallest absolute Gasteiger partial charge is 0.107 e. The quantitative estimate of drug-likeness (QED) is 0.862. The molecule has 3 rings (SSSR count). The van der Waals surface area contributed by atoms with Crippen molar-refractivity contribution in [1.82, 2.24) is 15.2 Å². The third-order valence-corrected chi connectivity index (χ3v) is 5.98. The van der Waals surface area contributed by atoms with Crippen LogP contribution in [0.15, 0.2) is 22.9 Å². The molecule has 1 fully saturated rings. The maximum Gasteiger partial charge on any atom is 0.107 e. The maximum atomic E-state index is 4.71. The highest BCUT2D eigenvalue weighted by Crippen LogP contribution is 2.19. The summed E-state index contributed by atoms with van der Waals surface area (Å²) in [5.41, 5.74) is 1.23. The minimum absolute atomic E-state index is 0.533. The summed E-state index contributed by atoms with van der Waals surface area (Å²) in [5.74, 6) is 0.533. The van der Waals surface area contributed by atoms with Crippen molar-refractivity contribution in [2.24, 2.45) is 0 Å². The number of hydrogen-bond donors (Lipinski definition) is 1. The Hall–Kier alpha value is -0.750. The van der Waals surface area contributed by atoms with Crippen LogP contribution in [0.2, 0.25) is 0 Å². The summed E-state index contributed by atoms with van der Waals surface area (Å²) in [6.45, 7) is 8.85. The van der Waals surface area contributed by atoms with Crippen LogP contribution in [0.1, 0.15) is 48.2 Å². The molecule has 1 aliphatic heterocycles. The number of nitrogens with one attached hydrogen (secondary N) is 1. The summed E-state index contributed by atoms with van der Waals surface area (Å²) in [6.07, 6.45) is 2.49. The molecule has 1 N–H and O–H groups in total. The van der Waals surface area contributed by atoms with Crippen LogP contribution in [0.5, 0.6) is 0 Å². The third kappa shape index (κ3) is 4.38. The summed E-state index contributed by atoms with van der Waals surface area (Å²) in [6, 6.07) is 5.03. The van der Waals surface area contributed by atoms with Crippen molar-refractivity contribution < 1.29 is 0 Å². The summed E-state index contributed by atoms with van der Waals surface area (Å²) < 4.78 is 0. The molecule has 1 aliphatic rings. The lowest BCUT2D eigenvalue weighted by molar-refractivity contribution is 0.191. The Morgan fingerprint density at radius 3 is 2.77 bits per heavy atom. The van der Waals surface area contributed by atoms with Crippen LogP contribution < -0.4 is 5.32 Å². The molecule has 0 amide bonds. The fraction of sp³-hybridized carbons (Fsp3) is 0.588. The highest BCUT2D eigenvalue weighted by molar-refractivity contribution is 7.10. The first-order valence-electron chi connectivity index (χ1n) is 8.13. The van der Waals surface area contributed by atoms with E-state index in [0.29, 0.717) is 12.0 Å². The Labute approximate surface area is 141 Å². The molecule has 0 saturated carbocycles. The SMILES string of the molecule is CC(C)c1csc(CNC2CCN(Cc3cccs3)CC2)n1. The zero-order valence-electron chi connectivity index (χ0n) is 13.4. The molecule has 0 radical (unpaired) electrons. The van der Waals surface area contributed by atoms with Crippen molar-refractivity contribution in [2.45, 2.75) is 51.7 Å². The lowest BCUT2D eigenvalue weighted by Crippen LogP contribution is -2.41. The molecule has 0 unspecified atom stereocenters. The second kappa shape index (κ2) is 7.68. The lowest BCUT2D eigenvalue weighted by atomic mass is 10.1. The molecule has 3 heterocycles. The second-order valence-corrected chi connectivity index (χ2v) is 8.31. The Morgan fingerprint density at radius 1 is 1.32 bits per heavy atom. The average Bonchev–Trinajstić information content (AvgIpc) is 3.18. The molecule has 0 bridgehead atoms. The monoisotopic (exact) mass is 335 g/mol. The number of rotatable bonds is 6. The molecule has 0 spiro atoms. The Kier molecular flexibility index (Phi) is 5.63. The third-order valence-electron chi connectivity index (χ3n) is 4.25. The van der Waals surface area contributed by atoms with Crippen LogP contribution >= 0.6 is 22.7 Å². The van der Waals surface area contributed by atoms with Gasteiger partial charge in [0.1, 0.15) is 5.01 Å². The molecule has 0 aliphatic carbocycles. The minimum Gasteiger partial charge on any atom is -0.308 e. The molecule has 1 saturated heterocycles. The van der Waals surface area contributed by atoms with E-state index >= 15 is 0 Å². The summed E-state index contributed by atoms with van der Waals surface area (Å²) in [5, 5.41) is 9.29. The molecule has 0 aromatic carbocycles. The fourth-order valence-corrected chi connectivity index (χ4v) is 4.47. The van der Waals surface area contributed by atoms with Crippen molar-refractivity contribution in [3.63, 3.8) is 0 Å². The first-order valence-corrected chi connectivity index (χ1v) is 9.89. The molecular formula is C17H25N3S2. The highest BCUT2D eigenvalue weighted by atomic mass is 32.1. The Bertz CT molecular complexity index is 554. The van der Waals surface area contributed by atoms with Crippen LogP contribution in [0.4, 0.5) is 0 Å². The minimum atomic E-state index is 0.533. The molecule has 22 heavy (non-hydrogen) atoms. The van der Waals surface area contributed by atoms with Gasteiger partial charge in [0.05, 0.1) is 5.69 Å². The number of thiophene rings is 1. The van der Waals surface area contributed by atoms with Crippen molar-refractivity contribution >= 4 is 22.7 Å². The number of likely N-dealkylation sites (tertiary alicyclic amines) is 1. The molecular weight excluding hydrogens is 310 g/mol. The zero-order chi connectivity index (χ0) is 15.4. The van der Waals surface area contributed by atoms with E-state index in [1.165, 1.54) is 41.5 Å². The van der Waals surface area contributed by atoms with Gasteiger partial charge in [-0.2, -0.15) is 0 Å². The zero-order valence-corrected chi connectivity index (χ0v) is 15.1. The van der Waals surface area contributed by atoms with Crippen LogP contribution in [0.3, 0.4) is 0 Å². The van der Waals surface area contributed by atoms with Crippen LogP contribution in [-0.4, -0.2) is 29.0 Å². The van der Waals surface area contributed by atoms with Gasteiger partial charge in [-0.25, -0.2) is 4.98 Å². The molecule has 3 nitrogen and oxygen atoms in total. The van der Waals surface area contributed by atoms with Crippen molar-refractivity contribution in [3.05, 3.63) is 38.5 Å². The van der Waals surface area contributed by atoms with Crippen LogP contribution in [-0.2, 0) is 13.1 Å². The number of piperidine rings is 1. The average molecular weight is 336 g/mol. The van der Waals surface area contributed by atoms with Gasteiger partial charge in [0, 0.05) is 29.4 Å². The van der Waals surface area contributed by atoms with E-state index in [4.69, 9.17) is 4.98 Å². The number of aromatic nitrogens is 1. The second-order valence-electron chi connectivity index (χ2n) is 6.33. The Morgan fingerprint density at radius 2 is 2.14 bits per heavy atom. The van der Waals surface area contributed by atoms with Crippen molar-refractivity contribution in [1.29, 1.82) is 0 Å². The van der Waals surface area contributed by atoms with Crippen LogP contribution in [0.25, 0.3) is 0 Å². The topological polar surface area (TPSA) is 28.2 Å². The number of hydrogen-bond acceptors (Lipinski definition) is 5. The van der Waals surface area contributed by atoms with E-state index < -0.39 is 0 Å². The van der Waals surface area contributed by atoms with E-state index in [1.807, 2.05) is 11.3 Å². The molecule has 120 valence electrons. The fourth-order valence-electron chi connectivity index (χ4n) is 2.82.